The van der Waals surface area contributed by atoms with Gasteiger partial charge in [0.2, 0.25) is 0 Å². The van der Waals surface area contributed by atoms with Gasteiger partial charge in [0.1, 0.15) is 11.3 Å². The van der Waals surface area contributed by atoms with Gasteiger partial charge in [-0.25, -0.2) is 17.8 Å². The monoisotopic (exact) mass is 336 g/mol. The summed E-state index contributed by atoms with van der Waals surface area (Å²) in [5.41, 5.74) is 0.669. The Morgan fingerprint density at radius 3 is 2.80 bits per heavy atom. The Kier molecular flexibility index (Phi) is 3.43. The van der Waals surface area contributed by atoms with Crippen LogP contribution in [-0.4, -0.2) is 29.5 Å². The average Bonchev–Trinajstić information content (AvgIpc) is 2.88. The predicted molar refractivity (Wildman–Crippen MR) is 76.6 cm³/mol. The largest absolute Gasteiger partial charge is 0.320 e. The summed E-state index contributed by atoms with van der Waals surface area (Å²) in [4.78, 5) is 4.26. The minimum atomic E-state index is -3.08. The first-order valence-electron chi connectivity index (χ1n) is 6.03. The van der Waals surface area contributed by atoms with Crippen LogP contribution in [0, 0.1) is 5.82 Å². The lowest BCUT2D eigenvalue weighted by Gasteiger charge is -2.14. The van der Waals surface area contributed by atoms with Crippen molar-refractivity contribution in [1.29, 1.82) is 0 Å². The molecule has 0 bridgehead atoms. The van der Waals surface area contributed by atoms with Crippen molar-refractivity contribution in [3.05, 3.63) is 28.8 Å². The highest BCUT2D eigenvalue weighted by atomic mass is 35.5. The summed E-state index contributed by atoms with van der Waals surface area (Å²) in [6.07, 6.45) is 0.444. The molecule has 2 heterocycles. The van der Waals surface area contributed by atoms with Gasteiger partial charge in [0.25, 0.3) is 0 Å². The van der Waals surface area contributed by atoms with Gasteiger partial charge in [-0.2, -0.15) is 0 Å². The maximum Gasteiger partial charge on any atom is 0.152 e. The number of imidazole rings is 1. The van der Waals surface area contributed by atoms with Crippen molar-refractivity contribution in [2.24, 2.45) is 0 Å². The van der Waals surface area contributed by atoms with Crippen LogP contribution in [0.1, 0.15) is 18.3 Å². The van der Waals surface area contributed by atoms with Gasteiger partial charge in [0.15, 0.2) is 15.7 Å². The molecule has 0 spiro atoms. The summed E-state index contributed by atoms with van der Waals surface area (Å²) in [5, 5.41) is 0.250. The Hall–Kier alpha value is -0.850. The molecule has 1 fully saturated rings. The van der Waals surface area contributed by atoms with E-state index < -0.39 is 15.7 Å². The molecule has 0 saturated carbocycles. The Morgan fingerprint density at radius 1 is 1.45 bits per heavy atom. The van der Waals surface area contributed by atoms with Gasteiger partial charge in [0.05, 0.1) is 28.9 Å². The van der Waals surface area contributed by atoms with E-state index in [1.165, 1.54) is 6.07 Å². The first-order chi connectivity index (χ1) is 9.41. The number of rotatable bonds is 2. The highest BCUT2D eigenvalue weighted by molar-refractivity contribution is 7.91. The van der Waals surface area contributed by atoms with Gasteiger partial charge in [-0.15, -0.1) is 11.6 Å². The summed E-state index contributed by atoms with van der Waals surface area (Å²) in [6, 6.07) is 2.42. The zero-order valence-electron chi connectivity index (χ0n) is 10.3. The van der Waals surface area contributed by atoms with Crippen molar-refractivity contribution in [2.45, 2.75) is 18.3 Å². The van der Waals surface area contributed by atoms with Gasteiger partial charge in [-0.3, -0.25) is 0 Å². The van der Waals surface area contributed by atoms with Crippen LogP contribution in [0.2, 0.25) is 5.02 Å². The summed E-state index contributed by atoms with van der Waals surface area (Å²) in [7, 11) is -3.08. The smallest absolute Gasteiger partial charge is 0.152 e. The average molecular weight is 337 g/mol. The quantitative estimate of drug-likeness (QED) is 0.792. The molecule has 1 saturated heterocycles. The highest BCUT2D eigenvalue weighted by Gasteiger charge is 2.32. The Balaban J connectivity index is 2.23. The van der Waals surface area contributed by atoms with Crippen molar-refractivity contribution in [2.75, 3.05) is 11.5 Å². The SMILES string of the molecule is O=S1(=O)CCC(n2c(CCl)nc3cc(Cl)cc(F)c32)C1. The Morgan fingerprint density at radius 2 is 2.20 bits per heavy atom. The number of alkyl halides is 1. The van der Waals surface area contributed by atoms with E-state index in [-0.39, 0.29) is 34.0 Å². The zero-order valence-corrected chi connectivity index (χ0v) is 12.6. The van der Waals surface area contributed by atoms with Crippen LogP contribution in [0.15, 0.2) is 12.1 Å². The lowest BCUT2D eigenvalue weighted by molar-refractivity contribution is 0.540. The van der Waals surface area contributed by atoms with E-state index in [0.29, 0.717) is 17.8 Å². The second-order valence-corrected chi connectivity index (χ2v) is 7.78. The molecule has 8 heteroatoms. The van der Waals surface area contributed by atoms with E-state index >= 15 is 0 Å². The number of fused-ring (bicyclic) bond motifs is 1. The molecule has 0 amide bonds. The molecule has 1 unspecified atom stereocenters. The number of aromatic nitrogens is 2. The van der Waals surface area contributed by atoms with Crippen LogP contribution < -0.4 is 0 Å². The summed E-state index contributed by atoms with van der Waals surface area (Å²) >= 11 is 11.7. The molecule has 0 radical (unpaired) electrons. The van der Waals surface area contributed by atoms with Crippen LogP contribution in [0.5, 0.6) is 0 Å². The van der Waals surface area contributed by atoms with E-state index in [4.69, 9.17) is 23.2 Å². The first-order valence-corrected chi connectivity index (χ1v) is 8.77. The van der Waals surface area contributed by atoms with E-state index in [0.717, 1.165) is 0 Å². The van der Waals surface area contributed by atoms with Crippen molar-refractivity contribution >= 4 is 44.1 Å². The normalized spacial score (nSPS) is 21.6. The van der Waals surface area contributed by atoms with E-state index in [9.17, 15) is 12.8 Å². The lowest BCUT2D eigenvalue weighted by atomic mass is 10.2. The predicted octanol–water partition coefficient (Wildman–Crippen LogP) is 2.93. The molecule has 1 aromatic carbocycles. The van der Waals surface area contributed by atoms with Crippen LogP contribution in [0.25, 0.3) is 11.0 Å². The van der Waals surface area contributed by atoms with Gasteiger partial charge in [-0.1, -0.05) is 11.6 Å². The highest BCUT2D eigenvalue weighted by Crippen LogP contribution is 2.32. The summed E-state index contributed by atoms with van der Waals surface area (Å²) in [6.45, 7) is 0. The number of hydrogen-bond acceptors (Lipinski definition) is 3. The molecule has 0 aliphatic carbocycles. The molecule has 20 heavy (non-hydrogen) atoms. The Bertz CT molecular complexity index is 788. The maximum atomic E-state index is 14.2. The zero-order chi connectivity index (χ0) is 14.5. The molecular formula is C12H11Cl2FN2O2S. The topological polar surface area (TPSA) is 52.0 Å². The van der Waals surface area contributed by atoms with Crippen LogP contribution >= 0.6 is 23.2 Å². The fourth-order valence-corrected chi connectivity index (χ4v) is 4.75. The third-order valence-corrected chi connectivity index (χ3v) is 5.68. The molecule has 1 aromatic heterocycles. The van der Waals surface area contributed by atoms with E-state index in [2.05, 4.69) is 4.98 Å². The molecule has 1 aliphatic rings. The van der Waals surface area contributed by atoms with E-state index in [1.807, 2.05) is 0 Å². The lowest BCUT2D eigenvalue weighted by Crippen LogP contribution is -2.14. The minimum Gasteiger partial charge on any atom is -0.320 e. The van der Waals surface area contributed by atoms with Crippen molar-refractivity contribution in [3.63, 3.8) is 0 Å². The Labute approximate surface area is 125 Å². The first kappa shape index (κ1) is 14.1. The van der Waals surface area contributed by atoms with Gasteiger partial charge in [-0.05, 0) is 18.6 Å². The van der Waals surface area contributed by atoms with Gasteiger partial charge < -0.3 is 4.57 Å². The third kappa shape index (κ3) is 2.29. The second kappa shape index (κ2) is 4.86. The molecular weight excluding hydrogens is 326 g/mol. The number of halogens is 3. The molecule has 0 N–H and O–H groups in total. The van der Waals surface area contributed by atoms with Gasteiger partial charge >= 0.3 is 0 Å². The van der Waals surface area contributed by atoms with Crippen molar-refractivity contribution in [3.8, 4) is 0 Å². The fraction of sp³-hybridized carbons (Fsp3) is 0.417. The fourth-order valence-electron chi connectivity index (χ4n) is 2.66. The molecule has 1 aliphatic heterocycles. The van der Waals surface area contributed by atoms with Crippen LogP contribution in [0.4, 0.5) is 4.39 Å². The third-order valence-electron chi connectivity index (χ3n) is 3.47. The molecule has 108 valence electrons. The van der Waals surface area contributed by atoms with E-state index in [1.54, 1.807) is 10.6 Å². The van der Waals surface area contributed by atoms with Crippen molar-refractivity contribution < 1.29 is 12.8 Å². The second-order valence-electron chi connectivity index (χ2n) is 4.84. The molecule has 3 rings (SSSR count). The van der Waals surface area contributed by atoms with Crippen LogP contribution in [-0.2, 0) is 15.7 Å². The number of sulfone groups is 1. The van der Waals surface area contributed by atoms with Gasteiger partial charge in [0, 0.05) is 5.02 Å². The standard InChI is InChI=1S/C12H11Cl2FN2O2S/c13-5-11-16-10-4-7(14)3-9(15)12(10)17(11)8-1-2-20(18,19)6-8/h3-4,8H,1-2,5-6H2. The van der Waals surface area contributed by atoms with Crippen LogP contribution in [0.3, 0.4) is 0 Å². The van der Waals surface area contributed by atoms with Crippen molar-refractivity contribution in [1.82, 2.24) is 9.55 Å². The minimum absolute atomic E-state index is 0.00951. The summed E-state index contributed by atoms with van der Waals surface area (Å²) < 4.78 is 39.0. The molecule has 1 atom stereocenters. The summed E-state index contributed by atoms with van der Waals surface area (Å²) in [5.74, 6) is 0.131. The maximum absolute atomic E-state index is 14.2. The number of benzene rings is 1. The molecule has 4 nitrogen and oxygen atoms in total. The molecule has 2 aromatic rings. The number of hydrogen-bond donors (Lipinski definition) is 0. The number of nitrogens with zero attached hydrogens (tertiary/aromatic N) is 2.